The Morgan fingerprint density at radius 3 is 2.71 bits per heavy atom. The minimum absolute atomic E-state index is 0.179. The van der Waals surface area contributed by atoms with Gasteiger partial charge in [-0.25, -0.2) is 0 Å². The summed E-state index contributed by atoms with van der Waals surface area (Å²) >= 11 is 7.85. The number of thiophene rings is 1. The molecule has 0 spiro atoms. The van der Waals surface area contributed by atoms with Crippen molar-refractivity contribution in [3.63, 3.8) is 0 Å². The van der Waals surface area contributed by atoms with Gasteiger partial charge in [-0.3, -0.25) is 4.79 Å². The highest BCUT2D eigenvalue weighted by Crippen LogP contribution is 2.35. The van der Waals surface area contributed by atoms with Gasteiger partial charge in [-0.1, -0.05) is 54.6 Å². The van der Waals surface area contributed by atoms with Crippen molar-refractivity contribution in [2.45, 2.75) is 6.42 Å². The van der Waals surface area contributed by atoms with Gasteiger partial charge in [0.15, 0.2) is 5.76 Å². The molecule has 5 heteroatoms. The van der Waals surface area contributed by atoms with Gasteiger partial charge < -0.3 is 9.15 Å². The van der Waals surface area contributed by atoms with Gasteiger partial charge >= 0.3 is 0 Å². The molecule has 4 rings (SSSR count). The fourth-order valence-electron chi connectivity index (χ4n) is 3.12. The van der Waals surface area contributed by atoms with Gasteiger partial charge in [0.1, 0.15) is 12.2 Å². The summed E-state index contributed by atoms with van der Waals surface area (Å²) in [6, 6.07) is 15.4. The first-order valence-corrected chi connectivity index (χ1v) is 10.1. The maximum Gasteiger partial charge on any atom is 0.235 e. The molecular weight excluding hydrogens is 392 g/mol. The molecule has 0 amide bonds. The average Bonchev–Trinajstić information content (AvgIpc) is 3.23. The third kappa shape index (κ3) is 3.61. The number of halogens is 1. The first kappa shape index (κ1) is 18.5. The zero-order chi connectivity index (χ0) is 19.5. The van der Waals surface area contributed by atoms with Gasteiger partial charge in [0, 0.05) is 28.0 Å². The lowest BCUT2D eigenvalue weighted by Crippen LogP contribution is -2.11. The summed E-state index contributed by atoms with van der Waals surface area (Å²) in [6.07, 6.45) is 2.20. The molecule has 3 nitrogen and oxygen atoms in total. The minimum atomic E-state index is -0.235. The molecule has 28 heavy (non-hydrogen) atoms. The van der Waals surface area contributed by atoms with Gasteiger partial charge in [0.25, 0.3) is 0 Å². The van der Waals surface area contributed by atoms with E-state index in [0.717, 1.165) is 16.7 Å². The minimum Gasteiger partial charge on any atom is -0.482 e. The second-order valence-corrected chi connectivity index (χ2v) is 7.52. The number of hydrogen-bond acceptors (Lipinski definition) is 4. The highest BCUT2D eigenvalue weighted by molar-refractivity contribution is 7.08. The first-order chi connectivity index (χ1) is 13.7. The van der Waals surface area contributed by atoms with Crippen LogP contribution in [0.1, 0.15) is 11.1 Å². The van der Waals surface area contributed by atoms with Crippen LogP contribution in [0.15, 0.2) is 81.2 Å². The topological polar surface area (TPSA) is 39.4 Å². The fourth-order valence-corrected chi connectivity index (χ4v) is 3.99. The van der Waals surface area contributed by atoms with Crippen molar-refractivity contribution in [1.82, 2.24) is 0 Å². The van der Waals surface area contributed by atoms with E-state index in [1.807, 2.05) is 53.2 Å². The lowest BCUT2D eigenvalue weighted by atomic mass is 10.0. The van der Waals surface area contributed by atoms with E-state index in [4.69, 9.17) is 20.8 Å². The molecule has 0 fully saturated rings. The molecule has 0 saturated heterocycles. The van der Waals surface area contributed by atoms with Crippen molar-refractivity contribution in [2.24, 2.45) is 0 Å². The molecule has 0 aliphatic rings. The second kappa shape index (κ2) is 8.05. The number of fused-ring (bicyclic) bond motifs is 1. The predicted octanol–water partition coefficient (Wildman–Crippen LogP) is 6.33. The van der Waals surface area contributed by atoms with Crippen LogP contribution >= 0.6 is 22.9 Å². The molecule has 2 aromatic heterocycles. The van der Waals surface area contributed by atoms with Gasteiger partial charge in [-0.2, -0.15) is 11.3 Å². The van der Waals surface area contributed by atoms with Crippen LogP contribution in [0.2, 0.25) is 5.02 Å². The van der Waals surface area contributed by atoms with E-state index in [1.165, 1.54) is 11.3 Å². The largest absolute Gasteiger partial charge is 0.482 e. The van der Waals surface area contributed by atoms with Gasteiger partial charge in [-0.05, 0) is 29.1 Å². The highest BCUT2D eigenvalue weighted by Gasteiger charge is 2.20. The molecule has 0 bridgehead atoms. The van der Waals surface area contributed by atoms with Crippen molar-refractivity contribution in [2.75, 3.05) is 6.61 Å². The van der Waals surface area contributed by atoms with Crippen molar-refractivity contribution in [3.8, 4) is 17.1 Å². The maximum atomic E-state index is 13.2. The summed E-state index contributed by atoms with van der Waals surface area (Å²) in [5.74, 6) is 0.607. The number of ether oxygens (including phenoxy) is 1. The normalized spacial score (nSPS) is 10.9. The maximum absolute atomic E-state index is 13.2. The Labute approximate surface area is 171 Å². The van der Waals surface area contributed by atoms with E-state index in [1.54, 1.807) is 12.1 Å². The molecular formula is C23H17ClO3S. The molecule has 0 aliphatic carbocycles. The standard InChI is InChI=1S/C23H17ClO3S/c1-2-9-26-23-20(25)19-13-18(24)12-17(11-15-6-4-3-5-7-15)21(19)27-22(23)16-8-10-28-14-16/h2-8,10,12-14H,1,9,11H2. The van der Waals surface area contributed by atoms with Crippen LogP contribution in [0, 0.1) is 0 Å². The monoisotopic (exact) mass is 408 g/mol. The van der Waals surface area contributed by atoms with Crippen molar-refractivity contribution in [3.05, 3.63) is 98.3 Å². The van der Waals surface area contributed by atoms with Crippen LogP contribution in [0.5, 0.6) is 5.75 Å². The SMILES string of the molecule is C=CCOc1c(-c2ccsc2)oc2c(Cc3ccccc3)cc(Cl)cc2c1=O. The molecule has 4 aromatic rings. The van der Waals surface area contributed by atoms with Crippen molar-refractivity contribution >= 4 is 33.9 Å². The summed E-state index contributed by atoms with van der Waals surface area (Å²) in [5.41, 5.74) is 3.07. The molecule has 0 N–H and O–H groups in total. The van der Waals surface area contributed by atoms with E-state index in [2.05, 4.69) is 6.58 Å². The summed E-state index contributed by atoms with van der Waals surface area (Å²) in [6.45, 7) is 3.87. The summed E-state index contributed by atoms with van der Waals surface area (Å²) in [4.78, 5) is 13.2. The van der Waals surface area contributed by atoms with Gasteiger partial charge in [-0.15, -0.1) is 0 Å². The first-order valence-electron chi connectivity index (χ1n) is 8.77. The lowest BCUT2D eigenvalue weighted by Gasteiger charge is -2.12. The zero-order valence-electron chi connectivity index (χ0n) is 15.0. The molecule has 2 aromatic carbocycles. The quantitative estimate of drug-likeness (QED) is 0.350. The van der Waals surface area contributed by atoms with Crippen LogP contribution < -0.4 is 10.2 Å². The van der Waals surface area contributed by atoms with Gasteiger partial charge in [0.05, 0.1) is 5.39 Å². The van der Waals surface area contributed by atoms with Crippen molar-refractivity contribution < 1.29 is 9.15 Å². The van der Waals surface area contributed by atoms with Crippen molar-refractivity contribution in [1.29, 1.82) is 0 Å². The Bertz CT molecular complexity index is 1180. The molecule has 0 radical (unpaired) electrons. The second-order valence-electron chi connectivity index (χ2n) is 6.31. The Balaban J connectivity index is 1.97. The van der Waals surface area contributed by atoms with Crippen LogP contribution in [-0.4, -0.2) is 6.61 Å². The Hall–Kier alpha value is -2.82. The van der Waals surface area contributed by atoms with Crippen LogP contribution in [0.3, 0.4) is 0 Å². The molecule has 0 saturated carbocycles. The Kier molecular flexibility index (Phi) is 5.33. The van der Waals surface area contributed by atoms with Crippen LogP contribution in [0.4, 0.5) is 0 Å². The van der Waals surface area contributed by atoms with E-state index < -0.39 is 0 Å². The van der Waals surface area contributed by atoms with E-state index in [-0.39, 0.29) is 17.8 Å². The van der Waals surface area contributed by atoms with E-state index in [9.17, 15) is 4.79 Å². The summed E-state index contributed by atoms with van der Waals surface area (Å²) < 4.78 is 11.9. The number of rotatable bonds is 6. The molecule has 0 aliphatic heterocycles. The highest BCUT2D eigenvalue weighted by atomic mass is 35.5. The summed E-state index contributed by atoms with van der Waals surface area (Å²) in [7, 11) is 0. The Morgan fingerprint density at radius 2 is 2.00 bits per heavy atom. The fraction of sp³-hybridized carbons (Fsp3) is 0.0870. The van der Waals surface area contributed by atoms with Crippen LogP contribution in [-0.2, 0) is 6.42 Å². The van der Waals surface area contributed by atoms with Crippen LogP contribution in [0.25, 0.3) is 22.3 Å². The van der Waals surface area contributed by atoms with E-state index >= 15 is 0 Å². The zero-order valence-corrected chi connectivity index (χ0v) is 16.6. The molecule has 0 atom stereocenters. The van der Waals surface area contributed by atoms with E-state index in [0.29, 0.717) is 28.2 Å². The third-order valence-corrected chi connectivity index (χ3v) is 5.26. The Morgan fingerprint density at radius 1 is 1.18 bits per heavy atom. The average molecular weight is 409 g/mol. The molecule has 2 heterocycles. The lowest BCUT2D eigenvalue weighted by molar-refractivity contribution is 0.351. The predicted molar refractivity (Wildman–Crippen MR) is 116 cm³/mol. The summed E-state index contributed by atoms with van der Waals surface area (Å²) in [5, 5.41) is 4.77. The number of hydrogen-bond donors (Lipinski definition) is 0. The van der Waals surface area contributed by atoms with Gasteiger partial charge in [0.2, 0.25) is 11.2 Å². The molecule has 140 valence electrons. The smallest absolute Gasteiger partial charge is 0.235 e. The number of benzene rings is 2. The third-order valence-electron chi connectivity index (χ3n) is 4.36. The molecule has 0 unspecified atom stereocenters.